The Morgan fingerprint density at radius 3 is 2.30 bits per heavy atom. The second-order valence-electron chi connectivity index (χ2n) is 4.91. The van der Waals surface area contributed by atoms with E-state index in [1.165, 1.54) is 5.56 Å². The fourth-order valence-electron chi connectivity index (χ4n) is 2.31. The summed E-state index contributed by atoms with van der Waals surface area (Å²) < 4.78 is 0. The molecule has 4 heteroatoms. The lowest BCUT2D eigenvalue weighted by atomic mass is 10.0. The molecule has 112 valence electrons. The Balaban J connectivity index is 2.76. The van der Waals surface area contributed by atoms with Crippen LogP contribution in [0.15, 0.2) is 30.3 Å². The maximum absolute atomic E-state index is 11.9. The lowest BCUT2D eigenvalue weighted by Gasteiger charge is -2.30. The molecule has 1 amide bonds. The molecule has 3 N–H and O–H groups in total. The number of nitrogens with zero attached hydrogens (tertiary/aromatic N) is 1. The Bertz CT molecular complexity index is 390. The first-order chi connectivity index (χ1) is 9.63. The molecule has 20 heavy (non-hydrogen) atoms. The fourth-order valence-corrected chi connectivity index (χ4v) is 2.31. The Labute approximate surface area is 122 Å². The molecule has 0 heterocycles. The van der Waals surface area contributed by atoms with Gasteiger partial charge in [0.15, 0.2) is 0 Å². The van der Waals surface area contributed by atoms with E-state index < -0.39 is 6.04 Å². The van der Waals surface area contributed by atoms with Gasteiger partial charge in [0.25, 0.3) is 0 Å². The smallest absolute Gasteiger partial charge is 0.236 e. The van der Waals surface area contributed by atoms with Gasteiger partial charge in [0.2, 0.25) is 5.91 Å². The number of hydrogen-bond acceptors (Lipinski definition) is 3. The van der Waals surface area contributed by atoms with Crippen LogP contribution in [-0.4, -0.2) is 36.5 Å². The van der Waals surface area contributed by atoms with Gasteiger partial charge in [0, 0.05) is 6.54 Å². The van der Waals surface area contributed by atoms with Crippen LogP contribution in [0, 0.1) is 0 Å². The number of rotatable bonds is 8. The molecule has 0 aliphatic rings. The van der Waals surface area contributed by atoms with E-state index in [2.05, 4.69) is 36.2 Å². The quantitative estimate of drug-likeness (QED) is 0.763. The van der Waals surface area contributed by atoms with Crippen molar-refractivity contribution in [3.63, 3.8) is 0 Å². The van der Waals surface area contributed by atoms with E-state index >= 15 is 0 Å². The van der Waals surface area contributed by atoms with Crippen molar-refractivity contribution in [2.24, 2.45) is 5.73 Å². The van der Waals surface area contributed by atoms with Crippen LogP contribution in [0.5, 0.6) is 0 Å². The topological polar surface area (TPSA) is 58.4 Å². The van der Waals surface area contributed by atoms with Crippen molar-refractivity contribution in [1.29, 1.82) is 0 Å². The van der Waals surface area contributed by atoms with Crippen LogP contribution in [0.25, 0.3) is 0 Å². The third kappa shape index (κ3) is 4.62. The van der Waals surface area contributed by atoms with Gasteiger partial charge >= 0.3 is 0 Å². The molecular formula is C16H27N3O. The highest BCUT2D eigenvalue weighted by Crippen LogP contribution is 2.19. The Morgan fingerprint density at radius 2 is 1.80 bits per heavy atom. The Hall–Kier alpha value is -1.39. The minimum atomic E-state index is -0.414. The van der Waals surface area contributed by atoms with Gasteiger partial charge in [-0.1, -0.05) is 51.1 Å². The zero-order valence-electron chi connectivity index (χ0n) is 12.8. The number of benzene rings is 1. The lowest BCUT2D eigenvalue weighted by molar-refractivity contribution is -0.122. The van der Waals surface area contributed by atoms with Crippen molar-refractivity contribution < 1.29 is 4.79 Å². The van der Waals surface area contributed by atoms with E-state index in [0.717, 1.165) is 13.1 Å². The maximum atomic E-state index is 11.9. The molecule has 4 nitrogen and oxygen atoms in total. The van der Waals surface area contributed by atoms with Crippen molar-refractivity contribution >= 4 is 5.91 Å². The zero-order chi connectivity index (χ0) is 15.0. The molecule has 0 aliphatic heterocycles. The number of carbonyl (C=O) groups is 1. The summed E-state index contributed by atoms with van der Waals surface area (Å²) in [7, 11) is 0. The Morgan fingerprint density at radius 1 is 1.20 bits per heavy atom. The predicted molar refractivity (Wildman–Crippen MR) is 83.4 cm³/mol. The van der Waals surface area contributed by atoms with Crippen LogP contribution in [0.3, 0.4) is 0 Å². The molecule has 0 aromatic heterocycles. The van der Waals surface area contributed by atoms with Gasteiger partial charge in [-0.2, -0.15) is 0 Å². The molecular weight excluding hydrogens is 250 g/mol. The second-order valence-corrected chi connectivity index (χ2v) is 4.91. The van der Waals surface area contributed by atoms with Crippen molar-refractivity contribution in [3.05, 3.63) is 35.9 Å². The van der Waals surface area contributed by atoms with Crippen LogP contribution in [0.4, 0.5) is 0 Å². The molecule has 0 aliphatic carbocycles. The highest BCUT2D eigenvalue weighted by Gasteiger charge is 2.19. The third-order valence-corrected chi connectivity index (χ3v) is 3.68. The van der Waals surface area contributed by atoms with E-state index in [1.54, 1.807) is 0 Å². The monoisotopic (exact) mass is 277 g/mol. The number of amides is 1. The van der Waals surface area contributed by atoms with Gasteiger partial charge in [-0.3, -0.25) is 9.69 Å². The summed E-state index contributed by atoms with van der Waals surface area (Å²) in [5.74, 6) is -0.0689. The summed E-state index contributed by atoms with van der Waals surface area (Å²) in [6, 6.07) is 10.1. The van der Waals surface area contributed by atoms with E-state index in [-0.39, 0.29) is 11.9 Å². The average molecular weight is 277 g/mol. The number of carbonyl (C=O) groups excluding carboxylic acids is 1. The zero-order valence-corrected chi connectivity index (χ0v) is 12.8. The summed E-state index contributed by atoms with van der Waals surface area (Å²) >= 11 is 0. The minimum Gasteiger partial charge on any atom is -0.353 e. The standard InChI is InChI=1S/C16H27N3O/c1-4-14(17)16(20)18-12-15(19(5-2)6-3)13-10-8-7-9-11-13/h7-11,14-15H,4-6,12,17H2,1-3H3,(H,18,20)/t14-,15?/m1/s1. The highest BCUT2D eigenvalue weighted by molar-refractivity contribution is 5.81. The van der Waals surface area contributed by atoms with E-state index in [9.17, 15) is 4.79 Å². The van der Waals surface area contributed by atoms with E-state index in [4.69, 9.17) is 5.73 Å². The molecule has 0 spiro atoms. The van der Waals surface area contributed by atoms with Crippen molar-refractivity contribution in [2.45, 2.75) is 39.3 Å². The molecule has 1 aromatic rings. The third-order valence-electron chi connectivity index (χ3n) is 3.68. The maximum Gasteiger partial charge on any atom is 0.236 e. The highest BCUT2D eigenvalue weighted by atomic mass is 16.2. The molecule has 0 fully saturated rings. The minimum absolute atomic E-state index is 0.0689. The second kappa shape index (κ2) is 8.72. The van der Waals surface area contributed by atoms with E-state index in [1.807, 2.05) is 25.1 Å². The van der Waals surface area contributed by atoms with Gasteiger partial charge in [0.05, 0.1) is 12.1 Å². The normalized spacial score (nSPS) is 14.1. The summed E-state index contributed by atoms with van der Waals surface area (Å²) in [5.41, 5.74) is 6.98. The lowest BCUT2D eigenvalue weighted by Crippen LogP contribution is -2.44. The van der Waals surface area contributed by atoms with Crippen LogP contribution < -0.4 is 11.1 Å². The molecule has 1 unspecified atom stereocenters. The predicted octanol–water partition coefficient (Wildman–Crippen LogP) is 1.92. The summed E-state index contributed by atoms with van der Waals surface area (Å²) in [6.45, 7) is 8.69. The van der Waals surface area contributed by atoms with Crippen LogP contribution in [0.1, 0.15) is 38.8 Å². The van der Waals surface area contributed by atoms with Gasteiger partial charge in [-0.05, 0) is 25.1 Å². The molecule has 0 saturated heterocycles. The first-order valence-corrected chi connectivity index (χ1v) is 7.46. The molecule has 0 bridgehead atoms. The molecule has 1 aromatic carbocycles. The summed E-state index contributed by atoms with van der Waals surface area (Å²) in [4.78, 5) is 14.2. The first kappa shape index (κ1) is 16.7. The van der Waals surface area contributed by atoms with Crippen LogP contribution >= 0.6 is 0 Å². The summed E-state index contributed by atoms with van der Waals surface area (Å²) in [5, 5.41) is 2.98. The van der Waals surface area contributed by atoms with Crippen molar-refractivity contribution in [2.75, 3.05) is 19.6 Å². The van der Waals surface area contributed by atoms with Gasteiger partial charge in [-0.25, -0.2) is 0 Å². The Kier molecular flexibility index (Phi) is 7.26. The van der Waals surface area contributed by atoms with Gasteiger partial charge in [0.1, 0.15) is 0 Å². The largest absolute Gasteiger partial charge is 0.353 e. The molecule has 0 radical (unpaired) electrons. The van der Waals surface area contributed by atoms with Gasteiger partial charge < -0.3 is 11.1 Å². The van der Waals surface area contributed by atoms with Crippen LogP contribution in [0.2, 0.25) is 0 Å². The molecule has 0 saturated carbocycles. The fraction of sp³-hybridized carbons (Fsp3) is 0.562. The van der Waals surface area contributed by atoms with Gasteiger partial charge in [-0.15, -0.1) is 0 Å². The van der Waals surface area contributed by atoms with Crippen molar-refractivity contribution in [1.82, 2.24) is 10.2 Å². The molecule has 2 atom stereocenters. The van der Waals surface area contributed by atoms with E-state index in [0.29, 0.717) is 13.0 Å². The summed E-state index contributed by atoms with van der Waals surface area (Å²) in [6.07, 6.45) is 0.660. The number of nitrogens with two attached hydrogens (primary N) is 1. The number of nitrogens with one attached hydrogen (secondary N) is 1. The SMILES string of the molecule is CC[C@@H](N)C(=O)NCC(c1ccccc1)N(CC)CC. The first-order valence-electron chi connectivity index (χ1n) is 7.46. The number of hydrogen-bond donors (Lipinski definition) is 2. The van der Waals surface area contributed by atoms with Crippen molar-refractivity contribution in [3.8, 4) is 0 Å². The van der Waals surface area contributed by atoms with Crippen LogP contribution in [-0.2, 0) is 4.79 Å². The average Bonchev–Trinajstić information content (AvgIpc) is 2.51. The molecule has 1 rings (SSSR count). The number of likely N-dealkylation sites (N-methyl/N-ethyl adjacent to an activating group) is 1.